The number of furan rings is 1. The number of nitrogens with zero attached hydrogens (tertiary/aromatic N) is 2. The number of carbonyl (C=O) groups excluding carboxylic acids is 2. The molecule has 7 nitrogen and oxygen atoms in total. The molecule has 2 aromatic heterocycles. The molecule has 1 aliphatic rings. The lowest BCUT2D eigenvalue weighted by molar-refractivity contribution is 0.0667. The van der Waals surface area contributed by atoms with Gasteiger partial charge >= 0.3 is 0 Å². The van der Waals surface area contributed by atoms with Crippen LogP contribution in [0.4, 0.5) is 5.00 Å². The third kappa shape index (κ3) is 3.28. The number of hydrogen-bond acceptors (Lipinski definition) is 6. The Hall–Kier alpha value is -2.35. The summed E-state index contributed by atoms with van der Waals surface area (Å²) < 4.78 is 9.37. The SMILES string of the molecule is CNc1snc(C)c1C(=O)NC1CCN(C(=O)c2ccco2)CC1. The van der Waals surface area contributed by atoms with Crippen molar-refractivity contribution in [2.24, 2.45) is 0 Å². The van der Waals surface area contributed by atoms with Gasteiger partial charge in [-0.05, 0) is 43.4 Å². The van der Waals surface area contributed by atoms with E-state index in [1.807, 2.05) is 6.92 Å². The molecule has 2 N–H and O–H groups in total. The van der Waals surface area contributed by atoms with E-state index in [0.717, 1.165) is 23.5 Å². The van der Waals surface area contributed by atoms with E-state index in [-0.39, 0.29) is 17.9 Å². The minimum atomic E-state index is -0.110. The molecule has 0 spiro atoms. The molecule has 0 unspecified atom stereocenters. The van der Waals surface area contributed by atoms with Gasteiger partial charge in [0.05, 0.1) is 17.5 Å². The van der Waals surface area contributed by atoms with Gasteiger partial charge in [0.2, 0.25) is 0 Å². The molecule has 0 aromatic carbocycles. The minimum Gasteiger partial charge on any atom is -0.459 e. The van der Waals surface area contributed by atoms with E-state index in [4.69, 9.17) is 4.42 Å². The summed E-state index contributed by atoms with van der Waals surface area (Å²) in [5, 5.41) is 6.83. The average Bonchev–Trinajstić information content (AvgIpc) is 3.24. The average molecular weight is 348 g/mol. The van der Waals surface area contributed by atoms with Gasteiger partial charge in [-0.15, -0.1) is 0 Å². The molecule has 128 valence electrons. The molecule has 8 heteroatoms. The van der Waals surface area contributed by atoms with Crippen molar-refractivity contribution in [2.45, 2.75) is 25.8 Å². The van der Waals surface area contributed by atoms with E-state index in [9.17, 15) is 9.59 Å². The van der Waals surface area contributed by atoms with Gasteiger partial charge in [0.25, 0.3) is 11.8 Å². The Morgan fingerprint density at radius 2 is 2.12 bits per heavy atom. The van der Waals surface area contributed by atoms with E-state index in [2.05, 4.69) is 15.0 Å². The largest absolute Gasteiger partial charge is 0.459 e. The van der Waals surface area contributed by atoms with Crippen LogP contribution in [0, 0.1) is 6.92 Å². The van der Waals surface area contributed by atoms with Crippen molar-refractivity contribution in [1.82, 2.24) is 14.6 Å². The van der Waals surface area contributed by atoms with Crippen molar-refractivity contribution in [2.75, 3.05) is 25.5 Å². The molecule has 1 fully saturated rings. The summed E-state index contributed by atoms with van der Waals surface area (Å²) in [5.74, 6) is 0.151. The number of rotatable bonds is 4. The second kappa shape index (κ2) is 7.04. The summed E-state index contributed by atoms with van der Waals surface area (Å²) >= 11 is 1.28. The van der Waals surface area contributed by atoms with Gasteiger partial charge in [0.15, 0.2) is 5.76 Å². The van der Waals surface area contributed by atoms with E-state index in [1.165, 1.54) is 17.8 Å². The van der Waals surface area contributed by atoms with Gasteiger partial charge in [-0.1, -0.05) is 0 Å². The second-order valence-electron chi connectivity index (χ2n) is 5.74. The Morgan fingerprint density at radius 3 is 2.75 bits per heavy atom. The summed E-state index contributed by atoms with van der Waals surface area (Å²) in [6.45, 7) is 3.03. The Balaban J connectivity index is 1.56. The number of carbonyl (C=O) groups is 2. The van der Waals surface area contributed by atoms with Crippen LogP contribution < -0.4 is 10.6 Å². The van der Waals surface area contributed by atoms with Crippen LogP contribution in [0.3, 0.4) is 0 Å². The fraction of sp³-hybridized carbons (Fsp3) is 0.438. The van der Waals surface area contributed by atoms with Crippen molar-refractivity contribution in [3.05, 3.63) is 35.4 Å². The van der Waals surface area contributed by atoms with Crippen molar-refractivity contribution < 1.29 is 14.0 Å². The smallest absolute Gasteiger partial charge is 0.289 e. The fourth-order valence-corrected chi connectivity index (χ4v) is 3.59. The van der Waals surface area contributed by atoms with Crippen molar-refractivity contribution >= 4 is 28.3 Å². The normalized spacial score (nSPS) is 15.3. The molecular formula is C16H20N4O3S. The number of piperidine rings is 1. The van der Waals surface area contributed by atoms with Gasteiger partial charge in [0.1, 0.15) is 5.00 Å². The molecular weight excluding hydrogens is 328 g/mol. The molecule has 24 heavy (non-hydrogen) atoms. The first-order valence-electron chi connectivity index (χ1n) is 7.87. The third-order valence-corrected chi connectivity index (χ3v) is 5.12. The van der Waals surface area contributed by atoms with Gasteiger partial charge < -0.3 is 20.0 Å². The minimum absolute atomic E-state index is 0.0576. The maximum atomic E-state index is 12.5. The van der Waals surface area contributed by atoms with Crippen LogP contribution in [0.5, 0.6) is 0 Å². The molecule has 1 aliphatic heterocycles. The Kier molecular flexibility index (Phi) is 4.84. The predicted molar refractivity (Wildman–Crippen MR) is 91.5 cm³/mol. The molecule has 0 radical (unpaired) electrons. The van der Waals surface area contributed by atoms with E-state index >= 15 is 0 Å². The Bertz CT molecular complexity index is 718. The zero-order valence-electron chi connectivity index (χ0n) is 13.7. The van der Waals surface area contributed by atoms with Crippen LogP contribution in [0.25, 0.3) is 0 Å². The quantitative estimate of drug-likeness (QED) is 0.884. The van der Waals surface area contributed by atoms with Crippen molar-refractivity contribution in [1.29, 1.82) is 0 Å². The first-order chi connectivity index (χ1) is 11.6. The zero-order valence-corrected chi connectivity index (χ0v) is 14.5. The standard InChI is InChI=1S/C16H20N4O3S/c1-10-13(15(17-2)24-19-10)14(21)18-11-5-7-20(8-6-11)16(22)12-4-3-9-23-12/h3-4,9,11,17H,5-8H2,1-2H3,(H,18,21). The highest BCUT2D eigenvalue weighted by atomic mass is 32.1. The summed E-state index contributed by atoms with van der Waals surface area (Å²) in [6, 6.07) is 3.43. The van der Waals surface area contributed by atoms with Crippen molar-refractivity contribution in [3.63, 3.8) is 0 Å². The number of likely N-dealkylation sites (tertiary alicyclic amines) is 1. The monoisotopic (exact) mass is 348 g/mol. The molecule has 1 saturated heterocycles. The van der Waals surface area contributed by atoms with Crippen LogP contribution in [0.2, 0.25) is 0 Å². The topological polar surface area (TPSA) is 87.5 Å². The lowest BCUT2D eigenvalue weighted by Crippen LogP contribution is -2.46. The van der Waals surface area contributed by atoms with E-state index < -0.39 is 0 Å². The molecule has 0 bridgehead atoms. The van der Waals surface area contributed by atoms with Crippen LogP contribution in [-0.4, -0.2) is 47.3 Å². The van der Waals surface area contributed by atoms with Crippen LogP contribution >= 0.6 is 11.5 Å². The summed E-state index contributed by atoms with van der Waals surface area (Å²) in [4.78, 5) is 26.5. The van der Waals surface area contributed by atoms with Crippen LogP contribution in [-0.2, 0) is 0 Å². The number of anilines is 1. The first kappa shape index (κ1) is 16.5. The maximum Gasteiger partial charge on any atom is 0.289 e. The number of aryl methyl sites for hydroxylation is 1. The molecule has 3 rings (SSSR count). The summed E-state index contributed by atoms with van der Waals surface area (Å²) in [5.41, 5.74) is 1.34. The highest BCUT2D eigenvalue weighted by molar-refractivity contribution is 7.10. The molecule has 2 aromatic rings. The van der Waals surface area contributed by atoms with Gasteiger partial charge in [0, 0.05) is 26.2 Å². The van der Waals surface area contributed by atoms with Crippen LogP contribution in [0.15, 0.2) is 22.8 Å². The lowest BCUT2D eigenvalue weighted by atomic mass is 10.0. The molecule has 0 saturated carbocycles. The Labute approximate surface area is 144 Å². The van der Waals surface area contributed by atoms with Gasteiger partial charge in [-0.3, -0.25) is 9.59 Å². The number of amides is 2. The summed E-state index contributed by atoms with van der Waals surface area (Å²) in [6.07, 6.45) is 2.95. The molecule has 0 aliphatic carbocycles. The fourth-order valence-electron chi connectivity index (χ4n) is 2.85. The molecule has 3 heterocycles. The summed E-state index contributed by atoms with van der Waals surface area (Å²) in [7, 11) is 1.78. The van der Waals surface area contributed by atoms with E-state index in [1.54, 1.807) is 24.1 Å². The Morgan fingerprint density at radius 1 is 1.38 bits per heavy atom. The molecule has 2 amide bonds. The lowest BCUT2D eigenvalue weighted by Gasteiger charge is -2.31. The number of aromatic nitrogens is 1. The second-order valence-corrected chi connectivity index (χ2v) is 6.51. The number of nitrogens with one attached hydrogen (secondary N) is 2. The maximum absolute atomic E-state index is 12.5. The van der Waals surface area contributed by atoms with Gasteiger partial charge in [-0.2, -0.15) is 4.37 Å². The molecule has 0 atom stereocenters. The number of hydrogen-bond donors (Lipinski definition) is 2. The van der Waals surface area contributed by atoms with Gasteiger partial charge in [-0.25, -0.2) is 0 Å². The zero-order chi connectivity index (χ0) is 17.1. The van der Waals surface area contributed by atoms with Crippen molar-refractivity contribution in [3.8, 4) is 0 Å². The third-order valence-electron chi connectivity index (χ3n) is 4.17. The predicted octanol–water partition coefficient (Wildman–Crippen LogP) is 2.12. The first-order valence-corrected chi connectivity index (χ1v) is 8.65. The highest BCUT2D eigenvalue weighted by Crippen LogP contribution is 2.24. The van der Waals surface area contributed by atoms with E-state index in [0.29, 0.717) is 24.4 Å². The van der Waals surface area contributed by atoms with Crippen LogP contribution in [0.1, 0.15) is 39.4 Å². The highest BCUT2D eigenvalue weighted by Gasteiger charge is 2.27.